The van der Waals surface area contributed by atoms with Crippen LogP contribution in [0.3, 0.4) is 0 Å². The van der Waals surface area contributed by atoms with Crippen molar-refractivity contribution in [2.45, 2.75) is 6.10 Å². The predicted molar refractivity (Wildman–Crippen MR) is 46.7 cm³/mol. The van der Waals surface area contributed by atoms with Crippen LogP contribution in [-0.4, -0.2) is 37.6 Å². The fraction of sp³-hybridized carbons (Fsp3) is 0.556. The van der Waals surface area contributed by atoms with E-state index in [4.69, 9.17) is 21.0 Å². The second-order valence-electron chi connectivity index (χ2n) is 2.15. The number of ether oxygens (including phenoxy) is 2. The largest absolute Gasteiger partial charge is 0.394 e. The molecule has 0 aromatic heterocycles. The van der Waals surface area contributed by atoms with E-state index in [9.17, 15) is 0 Å². The number of aliphatic hydroxyl groups excluding tert-OH is 1. The van der Waals surface area contributed by atoms with E-state index in [2.05, 4.69) is 12.5 Å². The topological polar surface area (TPSA) is 38.7 Å². The molecule has 0 aromatic carbocycles. The summed E-state index contributed by atoms with van der Waals surface area (Å²) in [6.45, 7) is 4.38. The average molecular weight is 170 g/mol. The molecule has 0 unspecified atom stereocenters. The number of aliphatic hydroxyl groups is 1. The summed E-state index contributed by atoms with van der Waals surface area (Å²) in [6, 6.07) is 0. The van der Waals surface area contributed by atoms with Crippen LogP contribution in [0.1, 0.15) is 0 Å². The van der Waals surface area contributed by atoms with E-state index in [0.29, 0.717) is 13.2 Å². The molecule has 12 heavy (non-hydrogen) atoms. The minimum Gasteiger partial charge on any atom is -0.394 e. The lowest BCUT2D eigenvalue weighted by atomic mass is 10.4. The van der Waals surface area contributed by atoms with Crippen LogP contribution in [0.4, 0.5) is 0 Å². The predicted octanol–water partition coefficient (Wildman–Crippen LogP) is 0.200. The Bertz CT molecular complexity index is 148. The van der Waals surface area contributed by atoms with E-state index in [0.717, 1.165) is 0 Å². The highest BCUT2D eigenvalue weighted by Crippen LogP contribution is 1.92. The molecule has 0 fully saturated rings. The van der Waals surface area contributed by atoms with Gasteiger partial charge in [0, 0.05) is 0 Å². The van der Waals surface area contributed by atoms with Crippen LogP contribution in [0.5, 0.6) is 0 Å². The normalized spacial score (nSPS) is 12.0. The molecule has 0 aliphatic heterocycles. The van der Waals surface area contributed by atoms with Crippen LogP contribution in [0.15, 0.2) is 12.7 Å². The van der Waals surface area contributed by atoms with Crippen LogP contribution in [0.2, 0.25) is 0 Å². The summed E-state index contributed by atoms with van der Waals surface area (Å²) in [5.41, 5.74) is 0. The summed E-state index contributed by atoms with van der Waals surface area (Å²) in [6.07, 6.45) is 6.27. The maximum absolute atomic E-state index is 8.76. The van der Waals surface area contributed by atoms with Crippen molar-refractivity contribution in [2.24, 2.45) is 0 Å². The fourth-order valence-corrected chi connectivity index (χ4v) is 0.607. The van der Waals surface area contributed by atoms with E-state index in [1.165, 1.54) is 0 Å². The first-order valence-electron chi connectivity index (χ1n) is 3.69. The molecule has 0 aromatic rings. The number of hydrogen-bond donors (Lipinski definition) is 1. The minimum atomic E-state index is -0.309. The molecule has 1 N–H and O–H groups in total. The second-order valence-corrected chi connectivity index (χ2v) is 2.15. The van der Waals surface area contributed by atoms with Gasteiger partial charge in [-0.15, -0.1) is 13.0 Å². The zero-order valence-electron chi connectivity index (χ0n) is 7.03. The highest BCUT2D eigenvalue weighted by atomic mass is 16.5. The van der Waals surface area contributed by atoms with Crippen molar-refractivity contribution >= 4 is 0 Å². The Balaban J connectivity index is 3.40. The zero-order valence-corrected chi connectivity index (χ0v) is 7.03. The highest BCUT2D eigenvalue weighted by molar-refractivity contribution is 4.83. The molecular formula is C9H14O3. The van der Waals surface area contributed by atoms with Gasteiger partial charge in [0.05, 0.1) is 19.8 Å². The van der Waals surface area contributed by atoms with Gasteiger partial charge in [-0.05, 0) is 0 Å². The number of terminal acetylenes is 1. The molecule has 0 amide bonds. The first-order valence-corrected chi connectivity index (χ1v) is 3.69. The minimum absolute atomic E-state index is 0.0710. The van der Waals surface area contributed by atoms with E-state index >= 15 is 0 Å². The van der Waals surface area contributed by atoms with Crippen molar-refractivity contribution in [1.82, 2.24) is 0 Å². The molecule has 1 atom stereocenters. The fourth-order valence-electron chi connectivity index (χ4n) is 0.607. The standard InChI is InChI=1S/C9H14O3/c1-3-5-11-8-9(7-10)12-6-4-2/h1,4,9-10H,2,5-8H2/t9-/m0/s1. The van der Waals surface area contributed by atoms with Gasteiger partial charge in [0.2, 0.25) is 0 Å². The van der Waals surface area contributed by atoms with Crippen LogP contribution >= 0.6 is 0 Å². The van der Waals surface area contributed by atoms with Gasteiger partial charge in [-0.2, -0.15) is 0 Å². The van der Waals surface area contributed by atoms with Crippen molar-refractivity contribution < 1.29 is 14.6 Å². The summed E-state index contributed by atoms with van der Waals surface area (Å²) in [5.74, 6) is 2.32. The smallest absolute Gasteiger partial charge is 0.107 e. The van der Waals surface area contributed by atoms with E-state index in [1.807, 2.05) is 0 Å². The molecule has 0 aliphatic carbocycles. The van der Waals surface area contributed by atoms with Gasteiger partial charge < -0.3 is 14.6 Å². The SMILES string of the molecule is C#CCOC[C@H](CO)OCC=C. The van der Waals surface area contributed by atoms with Gasteiger partial charge in [0.1, 0.15) is 12.7 Å². The second kappa shape index (κ2) is 8.28. The molecule has 0 bridgehead atoms. The lowest BCUT2D eigenvalue weighted by molar-refractivity contribution is -0.0259. The Morgan fingerprint density at radius 1 is 1.67 bits per heavy atom. The van der Waals surface area contributed by atoms with E-state index < -0.39 is 0 Å². The van der Waals surface area contributed by atoms with Crippen molar-refractivity contribution in [3.05, 3.63) is 12.7 Å². The third kappa shape index (κ3) is 5.93. The Labute approximate surface area is 73.0 Å². The van der Waals surface area contributed by atoms with Gasteiger partial charge in [-0.3, -0.25) is 0 Å². The Kier molecular flexibility index (Phi) is 7.71. The van der Waals surface area contributed by atoms with Gasteiger partial charge in [-0.1, -0.05) is 12.0 Å². The molecule has 0 rings (SSSR count). The summed E-state index contributed by atoms with van der Waals surface area (Å²) in [4.78, 5) is 0. The van der Waals surface area contributed by atoms with Crippen molar-refractivity contribution in [2.75, 3.05) is 26.4 Å². The molecule has 0 radical (unpaired) electrons. The molecule has 68 valence electrons. The molecule has 0 heterocycles. The molecule has 0 aliphatic rings. The molecule has 0 saturated heterocycles. The Morgan fingerprint density at radius 3 is 2.92 bits per heavy atom. The molecule has 3 heteroatoms. The third-order valence-corrected chi connectivity index (χ3v) is 1.14. The van der Waals surface area contributed by atoms with Gasteiger partial charge in [0.15, 0.2) is 0 Å². The third-order valence-electron chi connectivity index (χ3n) is 1.14. The van der Waals surface area contributed by atoms with Crippen LogP contribution < -0.4 is 0 Å². The first kappa shape index (κ1) is 11.2. The van der Waals surface area contributed by atoms with Crippen LogP contribution in [0.25, 0.3) is 0 Å². The molecule has 0 spiro atoms. The average Bonchev–Trinajstić information content (AvgIpc) is 2.11. The van der Waals surface area contributed by atoms with Crippen LogP contribution in [0, 0.1) is 12.3 Å². The zero-order chi connectivity index (χ0) is 9.23. The Hall–Kier alpha value is -0.820. The van der Waals surface area contributed by atoms with Crippen molar-refractivity contribution in [1.29, 1.82) is 0 Å². The Morgan fingerprint density at radius 2 is 2.42 bits per heavy atom. The maximum Gasteiger partial charge on any atom is 0.107 e. The quantitative estimate of drug-likeness (QED) is 0.337. The molecule has 0 saturated carbocycles. The monoisotopic (exact) mass is 170 g/mol. The van der Waals surface area contributed by atoms with Crippen molar-refractivity contribution in [3.63, 3.8) is 0 Å². The lowest BCUT2D eigenvalue weighted by Gasteiger charge is -2.12. The van der Waals surface area contributed by atoms with Crippen molar-refractivity contribution in [3.8, 4) is 12.3 Å². The van der Waals surface area contributed by atoms with Gasteiger partial charge in [0.25, 0.3) is 0 Å². The van der Waals surface area contributed by atoms with Gasteiger partial charge in [-0.25, -0.2) is 0 Å². The van der Waals surface area contributed by atoms with E-state index in [1.54, 1.807) is 6.08 Å². The van der Waals surface area contributed by atoms with Crippen LogP contribution in [-0.2, 0) is 9.47 Å². The summed E-state index contributed by atoms with van der Waals surface area (Å²) in [7, 11) is 0. The highest BCUT2D eigenvalue weighted by Gasteiger charge is 2.05. The van der Waals surface area contributed by atoms with E-state index in [-0.39, 0.29) is 19.3 Å². The molecular weight excluding hydrogens is 156 g/mol. The molecule has 3 nitrogen and oxygen atoms in total. The maximum atomic E-state index is 8.76. The first-order chi connectivity index (χ1) is 5.85. The number of rotatable bonds is 7. The number of hydrogen-bond acceptors (Lipinski definition) is 3. The summed E-state index contributed by atoms with van der Waals surface area (Å²) in [5, 5.41) is 8.76. The summed E-state index contributed by atoms with van der Waals surface area (Å²) < 4.78 is 10.1. The van der Waals surface area contributed by atoms with Gasteiger partial charge >= 0.3 is 0 Å². The lowest BCUT2D eigenvalue weighted by Crippen LogP contribution is -2.24. The summed E-state index contributed by atoms with van der Waals surface area (Å²) >= 11 is 0.